The van der Waals surface area contributed by atoms with E-state index in [9.17, 15) is 4.79 Å². The summed E-state index contributed by atoms with van der Waals surface area (Å²) in [5.41, 5.74) is 4.20. The highest BCUT2D eigenvalue weighted by Gasteiger charge is 2.21. The van der Waals surface area contributed by atoms with Crippen LogP contribution in [0.15, 0.2) is 72.8 Å². The number of H-pyrrole nitrogens is 1. The van der Waals surface area contributed by atoms with Crippen LogP contribution in [0.5, 0.6) is 5.75 Å². The van der Waals surface area contributed by atoms with Gasteiger partial charge in [-0.1, -0.05) is 30.3 Å². The summed E-state index contributed by atoms with van der Waals surface area (Å²) in [6, 6.07) is 23.2. The van der Waals surface area contributed by atoms with Crippen LogP contribution in [0, 0.1) is 5.92 Å². The van der Waals surface area contributed by atoms with Crippen LogP contribution in [0.1, 0.15) is 24.5 Å². The molecule has 0 aliphatic carbocycles. The number of hydrogen-bond acceptors (Lipinski definition) is 5. The molecule has 186 valence electrons. The molecule has 2 heterocycles. The fourth-order valence-electron chi connectivity index (χ4n) is 4.69. The van der Waals surface area contributed by atoms with Crippen molar-refractivity contribution < 1.29 is 14.3 Å². The van der Waals surface area contributed by atoms with E-state index in [2.05, 4.69) is 27.5 Å². The number of ether oxygens (including phenoxy) is 2. The molecule has 0 bridgehead atoms. The Balaban J connectivity index is 1.28. The van der Waals surface area contributed by atoms with Gasteiger partial charge in [-0.2, -0.15) is 5.10 Å². The maximum Gasteiger partial charge on any atom is 0.258 e. The third-order valence-electron chi connectivity index (χ3n) is 6.86. The molecular weight excluding hydrogens is 452 g/mol. The molecule has 0 radical (unpaired) electrons. The summed E-state index contributed by atoms with van der Waals surface area (Å²) in [6.07, 6.45) is 1.68. The van der Waals surface area contributed by atoms with E-state index < -0.39 is 6.10 Å². The Bertz CT molecular complexity index is 1300. The number of hydrogen-bond donors (Lipinski definition) is 2. The fraction of sp³-hybridized carbons (Fsp3) is 0.310. The Morgan fingerprint density at radius 2 is 1.83 bits per heavy atom. The second-order valence-electron chi connectivity index (χ2n) is 9.43. The number of benzene rings is 3. The zero-order valence-electron chi connectivity index (χ0n) is 20.7. The topological polar surface area (TPSA) is 79.5 Å². The number of rotatable bonds is 8. The van der Waals surface area contributed by atoms with Crippen molar-refractivity contribution in [3.05, 3.63) is 78.4 Å². The first-order chi connectivity index (χ1) is 17.6. The van der Waals surface area contributed by atoms with Crippen molar-refractivity contribution in [2.45, 2.75) is 18.9 Å². The third kappa shape index (κ3) is 5.42. The van der Waals surface area contributed by atoms with Crippen LogP contribution in [0.3, 0.4) is 0 Å². The minimum atomic E-state index is -0.687. The SMILES string of the molecule is COC(C(=O)Nc1ccc2[nH]nc(-c3ccc(OCC4CCN(C)CC4)cc3)c2c1)c1ccccc1. The van der Waals surface area contributed by atoms with Crippen LogP contribution >= 0.6 is 0 Å². The van der Waals surface area contributed by atoms with E-state index >= 15 is 0 Å². The Labute approximate surface area is 211 Å². The van der Waals surface area contributed by atoms with Gasteiger partial charge in [-0.05, 0) is 86.9 Å². The minimum absolute atomic E-state index is 0.223. The van der Waals surface area contributed by atoms with E-state index in [-0.39, 0.29) is 5.91 Å². The number of methoxy groups -OCH3 is 1. The molecular formula is C29H32N4O3. The maximum absolute atomic E-state index is 12.9. The van der Waals surface area contributed by atoms with E-state index in [1.54, 1.807) is 0 Å². The lowest BCUT2D eigenvalue weighted by atomic mass is 9.98. The number of fused-ring (bicyclic) bond motifs is 1. The van der Waals surface area contributed by atoms with Crippen molar-refractivity contribution in [3.63, 3.8) is 0 Å². The lowest BCUT2D eigenvalue weighted by Crippen LogP contribution is -2.32. The van der Waals surface area contributed by atoms with Crippen LogP contribution < -0.4 is 10.1 Å². The molecule has 5 rings (SSSR count). The highest BCUT2D eigenvalue weighted by atomic mass is 16.5. The molecule has 4 aromatic rings. The van der Waals surface area contributed by atoms with Gasteiger partial charge in [0.1, 0.15) is 5.75 Å². The van der Waals surface area contributed by atoms with E-state index in [0.29, 0.717) is 11.6 Å². The summed E-state index contributed by atoms with van der Waals surface area (Å²) in [5.74, 6) is 1.26. The van der Waals surface area contributed by atoms with Gasteiger partial charge in [0.25, 0.3) is 5.91 Å². The van der Waals surface area contributed by atoms with Crippen molar-refractivity contribution >= 4 is 22.5 Å². The molecule has 1 aromatic heterocycles. The average Bonchev–Trinajstić information content (AvgIpc) is 3.33. The number of carbonyl (C=O) groups is 1. The van der Waals surface area contributed by atoms with Gasteiger partial charge in [0.2, 0.25) is 0 Å². The average molecular weight is 485 g/mol. The molecule has 0 spiro atoms. The zero-order valence-corrected chi connectivity index (χ0v) is 20.7. The summed E-state index contributed by atoms with van der Waals surface area (Å²) < 4.78 is 11.5. The second-order valence-corrected chi connectivity index (χ2v) is 9.43. The molecule has 1 amide bonds. The van der Waals surface area contributed by atoms with Crippen LogP contribution in [0.25, 0.3) is 22.2 Å². The Kier molecular flexibility index (Phi) is 7.30. The zero-order chi connectivity index (χ0) is 24.9. The number of nitrogens with zero attached hydrogens (tertiary/aromatic N) is 2. The summed E-state index contributed by atoms with van der Waals surface area (Å²) in [4.78, 5) is 15.3. The first kappa shape index (κ1) is 24.0. The lowest BCUT2D eigenvalue weighted by Gasteiger charge is -2.28. The predicted octanol–water partition coefficient (Wildman–Crippen LogP) is 5.28. The fourth-order valence-corrected chi connectivity index (χ4v) is 4.69. The molecule has 1 aliphatic rings. The standard InChI is InChI=1S/C29H32N4O3/c1-33-16-14-20(15-17-33)19-36-24-11-8-21(9-12-24)27-25-18-23(10-13-26(25)31-32-27)30-29(34)28(35-2)22-6-4-3-5-7-22/h3-13,18,20,28H,14-17,19H2,1-2H3,(H,30,34)(H,31,32). The highest BCUT2D eigenvalue weighted by Crippen LogP contribution is 2.30. The quantitative estimate of drug-likeness (QED) is 0.356. The van der Waals surface area contributed by atoms with Gasteiger partial charge in [-0.3, -0.25) is 9.89 Å². The van der Waals surface area contributed by atoms with Crippen molar-refractivity contribution in [1.82, 2.24) is 15.1 Å². The van der Waals surface area contributed by atoms with Gasteiger partial charge in [0.15, 0.2) is 6.10 Å². The van der Waals surface area contributed by atoms with Crippen LogP contribution in [-0.2, 0) is 9.53 Å². The van der Waals surface area contributed by atoms with Gasteiger partial charge in [-0.25, -0.2) is 0 Å². The van der Waals surface area contributed by atoms with E-state index in [4.69, 9.17) is 9.47 Å². The van der Waals surface area contributed by atoms with E-state index in [0.717, 1.165) is 53.2 Å². The molecule has 0 saturated carbocycles. The summed E-state index contributed by atoms with van der Waals surface area (Å²) >= 11 is 0. The molecule has 7 nitrogen and oxygen atoms in total. The number of anilines is 1. The van der Waals surface area contributed by atoms with Gasteiger partial charge >= 0.3 is 0 Å². The third-order valence-corrected chi connectivity index (χ3v) is 6.86. The number of nitrogens with one attached hydrogen (secondary N) is 2. The van der Waals surface area contributed by atoms with Crippen molar-refractivity contribution in [2.75, 3.05) is 39.2 Å². The van der Waals surface area contributed by atoms with Crippen LogP contribution in [-0.4, -0.2) is 54.9 Å². The lowest BCUT2D eigenvalue weighted by molar-refractivity contribution is -0.126. The number of piperidine rings is 1. The molecule has 1 fully saturated rings. The minimum Gasteiger partial charge on any atom is -0.493 e. The molecule has 2 N–H and O–H groups in total. The molecule has 1 atom stereocenters. The first-order valence-corrected chi connectivity index (χ1v) is 12.4. The van der Waals surface area contributed by atoms with E-state index in [1.165, 1.54) is 20.0 Å². The number of amides is 1. The molecule has 7 heteroatoms. The number of likely N-dealkylation sites (tertiary alicyclic amines) is 1. The maximum atomic E-state index is 12.9. The summed E-state index contributed by atoms with van der Waals surface area (Å²) in [6.45, 7) is 3.03. The van der Waals surface area contributed by atoms with Gasteiger partial charge in [0.05, 0.1) is 17.8 Å². The van der Waals surface area contributed by atoms with Crippen molar-refractivity contribution in [2.24, 2.45) is 5.92 Å². The highest BCUT2D eigenvalue weighted by molar-refractivity contribution is 5.99. The smallest absolute Gasteiger partial charge is 0.258 e. The Morgan fingerprint density at radius 1 is 1.08 bits per heavy atom. The Hall–Kier alpha value is -3.68. The molecule has 1 unspecified atom stereocenters. The van der Waals surface area contributed by atoms with E-state index in [1.807, 2.05) is 72.8 Å². The largest absolute Gasteiger partial charge is 0.493 e. The van der Waals surface area contributed by atoms with Gasteiger partial charge < -0.3 is 19.7 Å². The molecule has 1 aliphatic heterocycles. The van der Waals surface area contributed by atoms with Crippen LogP contribution in [0.4, 0.5) is 5.69 Å². The first-order valence-electron chi connectivity index (χ1n) is 12.4. The number of carbonyl (C=O) groups excluding carboxylic acids is 1. The second kappa shape index (κ2) is 10.9. The summed E-state index contributed by atoms with van der Waals surface area (Å²) in [5, 5.41) is 11.5. The molecule has 1 saturated heterocycles. The van der Waals surface area contributed by atoms with Crippen molar-refractivity contribution in [1.29, 1.82) is 0 Å². The Morgan fingerprint density at radius 3 is 2.56 bits per heavy atom. The number of aromatic nitrogens is 2. The number of aromatic amines is 1. The normalized spacial score (nSPS) is 15.6. The van der Waals surface area contributed by atoms with Gasteiger partial charge in [-0.15, -0.1) is 0 Å². The van der Waals surface area contributed by atoms with Gasteiger partial charge in [0, 0.05) is 23.7 Å². The molecule has 36 heavy (non-hydrogen) atoms. The van der Waals surface area contributed by atoms with Crippen molar-refractivity contribution in [3.8, 4) is 17.0 Å². The summed E-state index contributed by atoms with van der Waals surface area (Å²) in [7, 11) is 3.71. The monoisotopic (exact) mass is 484 g/mol. The molecule has 3 aromatic carbocycles. The van der Waals surface area contributed by atoms with Crippen LogP contribution in [0.2, 0.25) is 0 Å². The predicted molar refractivity (Wildman–Crippen MR) is 142 cm³/mol.